The summed E-state index contributed by atoms with van der Waals surface area (Å²) in [4.78, 5) is 23.7. The lowest BCUT2D eigenvalue weighted by Gasteiger charge is -2.14. The minimum Gasteiger partial charge on any atom is -0.406 e. The Balaban J connectivity index is 2.02. The number of H-pyrrole nitrogens is 1. The third kappa shape index (κ3) is 4.50. The van der Waals surface area contributed by atoms with Crippen LogP contribution in [0.4, 0.5) is 18.9 Å². The van der Waals surface area contributed by atoms with Crippen molar-refractivity contribution in [2.24, 2.45) is 0 Å². The first-order valence-electron chi connectivity index (χ1n) is 8.91. The highest BCUT2D eigenvalue weighted by Crippen LogP contribution is 2.28. The van der Waals surface area contributed by atoms with Crippen molar-refractivity contribution in [3.05, 3.63) is 47.4 Å². The Hall–Kier alpha value is -3.63. The second-order valence-electron chi connectivity index (χ2n) is 6.66. The summed E-state index contributed by atoms with van der Waals surface area (Å²) < 4.78 is 41.7. The van der Waals surface area contributed by atoms with Crippen LogP contribution in [0.5, 0.6) is 5.75 Å². The van der Waals surface area contributed by atoms with Gasteiger partial charge in [-0.05, 0) is 32.0 Å². The van der Waals surface area contributed by atoms with Gasteiger partial charge in [0.25, 0.3) is 5.91 Å². The first-order chi connectivity index (χ1) is 14.1. The average molecular weight is 420 g/mol. The fourth-order valence-electron chi connectivity index (χ4n) is 2.81. The van der Waals surface area contributed by atoms with Crippen LogP contribution >= 0.6 is 0 Å². The molecule has 11 heteroatoms. The molecular weight excluding hydrogens is 401 g/mol. The van der Waals surface area contributed by atoms with Gasteiger partial charge in [-0.3, -0.25) is 10.2 Å². The molecule has 1 aromatic carbocycles. The summed E-state index contributed by atoms with van der Waals surface area (Å²) in [6.45, 7) is 3.63. The van der Waals surface area contributed by atoms with E-state index in [-0.39, 0.29) is 40.0 Å². The molecule has 0 saturated heterocycles. The monoisotopic (exact) mass is 420 g/mol. The molecule has 0 atom stereocenters. The standard InChI is InChI=1S/C19H19F3N6O2/c1-9(2)27-18(29)12-7-25-17-16(12)28-14(8-26-17)15(23)11-6-10(30-19(20,21)22)4-5-13(11)24-3/h4-9,23-24H,1-3H3,(H,25,26)(H,27,29). The lowest BCUT2D eigenvalue weighted by molar-refractivity contribution is -0.274. The fraction of sp³-hybridized carbons (Fsp3) is 0.263. The van der Waals surface area contributed by atoms with E-state index >= 15 is 0 Å². The van der Waals surface area contributed by atoms with Crippen molar-refractivity contribution >= 4 is 28.5 Å². The van der Waals surface area contributed by atoms with E-state index in [2.05, 4.69) is 30.3 Å². The highest BCUT2D eigenvalue weighted by Gasteiger charge is 2.31. The molecule has 0 fully saturated rings. The summed E-state index contributed by atoms with van der Waals surface area (Å²) in [5, 5.41) is 14.0. The summed E-state index contributed by atoms with van der Waals surface area (Å²) in [7, 11) is 1.58. The summed E-state index contributed by atoms with van der Waals surface area (Å²) in [6, 6.07) is 3.52. The largest absolute Gasteiger partial charge is 0.573 e. The number of carbonyl (C=O) groups excluding carboxylic acids is 1. The van der Waals surface area contributed by atoms with Crippen LogP contribution in [0.15, 0.2) is 30.6 Å². The van der Waals surface area contributed by atoms with Crippen molar-refractivity contribution in [2.75, 3.05) is 12.4 Å². The number of alkyl halides is 3. The third-order valence-corrected chi connectivity index (χ3v) is 4.06. The van der Waals surface area contributed by atoms with Crippen LogP contribution in [-0.4, -0.2) is 46.0 Å². The van der Waals surface area contributed by atoms with Crippen molar-refractivity contribution < 1.29 is 22.7 Å². The number of aromatic nitrogens is 3. The van der Waals surface area contributed by atoms with Crippen LogP contribution in [0.1, 0.15) is 35.5 Å². The number of aromatic amines is 1. The number of hydrogen-bond donors (Lipinski definition) is 4. The van der Waals surface area contributed by atoms with E-state index in [1.165, 1.54) is 18.5 Å². The average Bonchev–Trinajstić information content (AvgIpc) is 3.09. The number of carbonyl (C=O) groups is 1. The molecule has 0 unspecified atom stereocenters. The first-order valence-corrected chi connectivity index (χ1v) is 8.91. The highest BCUT2D eigenvalue weighted by atomic mass is 19.4. The second-order valence-corrected chi connectivity index (χ2v) is 6.66. The van der Waals surface area contributed by atoms with Crippen LogP contribution in [0.25, 0.3) is 11.2 Å². The lowest BCUT2D eigenvalue weighted by Crippen LogP contribution is -2.30. The van der Waals surface area contributed by atoms with Crippen molar-refractivity contribution in [3.63, 3.8) is 0 Å². The molecule has 3 rings (SSSR count). The minimum atomic E-state index is -4.86. The van der Waals surface area contributed by atoms with Gasteiger partial charge >= 0.3 is 6.36 Å². The van der Waals surface area contributed by atoms with Gasteiger partial charge in [0.2, 0.25) is 0 Å². The Morgan fingerprint density at radius 3 is 2.63 bits per heavy atom. The second kappa shape index (κ2) is 8.01. The van der Waals surface area contributed by atoms with Crippen LogP contribution in [0.3, 0.4) is 0 Å². The molecular formula is C19H19F3N6O2. The normalized spacial score (nSPS) is 11.6. The molecule has 0 spiro atoms. The fourth-order valence-corrected chi connectivity index (χ4v) is 2.81. The van der Waals surface area contributed by atoms with E-state index in [0.717, 1.165) is 12.1 Å². The van der Waals surface area contributed by atoms with Crippen LogP contribution in [0.2, 0.25) is 0 Å². The summed E-state index contributed by atoms with van der Waals surface area (Å²) >= 11 is 0. The highest BCUT2D eigenvalue weighted by molar-refractivity contribution is 6.14. The van der Waals surface area contributed by atoms with E-state index in [1.807, 2.05) is 13.8 Å². The van der Waals surface area contributed by atoms with Crippen molar-refractivity contribution in [2.45, 2.75) is 26.3 Å². The summed E-state index contributed by atoms with van der Waals surface area (Å²) in [6.07, 6.45) is -2.09. The van der Waals surface area contributed by atoms with E-state index < -0.39 is 12.1 Å². The van der Waals surface area contributed by atoms with Crippen LogP contribution in [0, 0.1) is 5.41 Å². The zero-order chi connectivity index (χ0) is 22.1. The lowest BCUT2D eigenvalue weighted by atomic mass is 10.0. The first kappa shape index (κ1) is 21.1. The maximum atomic E-state index is 12.6. The van der Waals surface area contributed by atoms with Gasteiger partial charge in [0, 0.05) is 30.5 Å². The maximum absolute atomic E-state index is 12.6. The SMILES string of the molecule is CNc1ccc(OC(F)(F)F)cc1C(=N)c1cnc2[nH]cc(C(=O)NC(C)C)c2n1. The molecule has 3 aromatic rings. The van der Waals surface area contributed by atoms with Crippen molar-refractivity contribution in [3.8, 4) is 5.75 Å². The predicted molar refractivity (Wildman–Crippen MR) is 105 cm³/mol. The van der Waals surface area contributed by atoms with Crippen LogP contribution < -0.4 is 15.4 Å². The van der Waals surface area contributed by atoms with Gasteiger partial charge in [-0.1, -0.05) is 0 Å². The van der Waals surface area contributed by atoms with E-state index in [0.29, 0.717) is 11.3 Å². The molecule has 1 amide bonds. The summed E-state index contributed by atoms with van der Waals surface area (Å²) in [5.74, 6) is -0.820. The molecule has 0 aliphatic rings. The molecule has 0 aliphatic carbocycles. The summed E-state index contributed by atoms with van der Waals surface area (Å²) in [5.41, 5.74) is 1.30. The van der Waals surface area contributed by atoms with E-state index in [9.17, 15) is 18.0 Å². The Kier molecular flexibility index (Phi) is 5.63. The number of nitrogens with zero attached hydrogens (tertiary/aromatic N) is 2. The number of amides is 1. The van der Waals surface area contributed by atoms with Crippen molar-refractivity contribution in [1.82, 2.24) is 20.3 Å². The molecule has 0 radical (unpaired) electrons. The molecule has 158 valence electrons. The molecule has 8 nitrogen and oxygen atoms in total. The van der Waals surface area contributed by atoms with Gasteiger partial charge in [-0.15, -0.1) is 13.2 Å². The van der Waals surface area contributed by atoms with Gasteiger partial charge in [0.15, 0.2) is 5.65 Å². The number of nitrogens with one attached hydrogen (secondary N) is 4. The topological polar surface area (TPSA) is 116 Å². The number of ether oxygens (including phenoxy) is 1. The van der Waals surface area contributed by atoms with Crippen LogP contribution in [-0.2, 0) is 0 Å². The number of fused-ring (bicyclic) bond motifs is 1. The predicted octanol–water partition coefficient (Wildman–Crippen LogP) is 3.45. The Morgan fingerprint density at radius 1 is 1.27 bits per heavy atom. The Morgan fingerprint density at radius 2 is 2.00 bits per heavy atom. The van der Waals surface area contributed by atoms with E-state index in [4.69, 9.17) is 5.41 Å². The molecule has 2 heterocycles. The molecule has 0 aliphatic heterocycles. The zero-order valence-electron chi connectivity index (χ0n) is 16.3. The number of rotatable bonds is 6. The van der Waals surface area contributed by atoms with Crippen molar-refractivity contribution in [1.29, 1.82) is 5.41 Å². The molecule has 30 heavy (non-hydrogen) atoms. The molecule has 0 bridgehead atoms. The van der Waals surface area contributed by atoms with Gasteiger partial charge in [0.05, 0.1) is 17.5 Å². The van der Waals surface area contributed by atoms with Gasteiger partial charge in [0.1, 0.15) is 17.0 Å². The number of halogens is 3. The van der Waals surface area contributed by atoms with Gasteiger partial charge in [-0.2, -0.15) is 0 Å². The van der Waals surface area contributed by atoms with Gasteiger partial charge in [-0.25, -0.2) is 9.97 Å². The zero-order valence-corrected chi connectivity index (χ0v) is 16.3. The third-order valence-electron chi connectivity index (χ3n) is 4.06. The molecule has 0 saturated carbocycles. The Labute approximate surface area is 169 Å². The number of anilines is 1. The molecule has 2 aromatic heterocycles. The number of hydrogen-bond acceptors (Lipinski definition) is 6. The maximum Gasteiger partial charge on any atom is 0.573 e. The smallest absolute Gasteiger partial charge is 0.406 e. The minimum absolute atomic E-state index is 0.0846. The number of benzene rings is 1. The molecule has 4 N–H and O–H groups in total. The quantitative estimate of drug-likeness (QED) is 0.456. The van der Waals surface area contributed by atoms with E-state index in [1.54, 1.807) is 7.05 Å². The Bertz CT molecular complexity index is 1110. The van der Waals surface area contributed by atoms with Gasteiger partial charge < -0.3 is 20.4 Å².